The van der Waals surface area contributed by atoms with Crippen molar-refractivity contribution >= 4 is 22.6 Å². The normalized spacial score (nSPS) is 15.0. The van der Waals surface area contributed by atoms with Crippen LogP contribution in [0.2, 0.25) is 0 Å². The Kier molecular flexibility index (Phi) is 7.81. The molecule has 6 heteroatoms. The Bertz CT molecular complexity index is 801. The van der Waals surface area contributed by atoms with Crippen LogP contribution in [-0.4, -0.2) is 59.9 Å². The van der Waals surface area contributed by atoms with E-state index in [2.05, 4.69) is 24.3 Å². The average molecular weight is 398 g/mol. The average Bonchev–Trinajstić information content (AvgIpc) is 2.71. The van der Waals surface area contributed by atoms with E-state index in [0.29, 0.717) is 24.7 Å². The third-order valence-electron chi connectivity index (χ3n) is 5.72. The van der Waals surface area contributed by atoms with Gasteiger partial charge in [0.05, 0.1) is 12.1 Å². The Morgan fingerprint density at radius 1 is 1.10 bits per heavy atom. The Labute approximate surface area is 174 Å². The van der Waals surface area contributed by atoms with Gasteiger partial charge in [0.2, 0.25) is 5.91 Å². The van der Waals surface area contributed by atoms with Crippen LogP contribution < -0.4 is 5.32 Å². The van der Waals surface area contributed by atoms with Crippen molar-refractivity contribution in [3.8, 4) is 0 Å². The molecule has 0 aliphatic heterocycles. The van der Waals surface area contributed by atoms with E-state index in [0.717, 1.165) is 36.2 Å². The first-order valence-electron chi connectivity index (χ1n) is 10.9. The van der Waals surface area contributed by atoms with Crippen molar-refractivity contribution < 1.29 is 4.79 Å². The van der Waals surface area contributed by atoms with Gasteiger partial charge in [-0.05, 0) is 58.0 Å². The van der Waals surface area contributed by atoms with Crippen molar-refractivity contribution in [2.75, 3.05) is 39.5 Å². The minimum Gasteiger partial charge on any atom is -0.369 e. The Hall–Kier alpha value is -2.21. The summed E-state index contributed by atoms with van der Waals surface area (Å²) in [4.78, 5) is 26.1. The second-order valence-electron chi connectivity index (χ2n) is 8.55. The maximum Gasteiger partial charge on any atom is 0.222 e. The van der Waals surface area contributed by atoms with Gasteiger partial charge in [-0.2, -0.15) is 0 Å². The number of anilines is 1. The third-order valence-corrected chi connectivity index (χ3v) is 5.72. The van der Waals surface area contributed by atoms with Crippen LogP contribution in [-0.2, 0) is 11.3 Å². The summed E-state index contributed by atoms with van der Waals surface area (Å²) in [7, 11) is 6.03. The van der Waals surface area contributed by atoms with Gasteiger partial charge in [0.1, 0.15) is 5.82 Å². The van der Waals surface area contributed by atoms with Crippen molar-refractivity contribution in [2.45, 2.75) is 51.5 Å². The molecule has 1 saturated carbocycles. The summed E-state index contributed by atoms with van der Waals surface area (Å²) < 4.78 is 0. The highest BCUT2D eigenvalue weighted by molar-refractivity contribution is 5.89. The van der Waals surface area contributed by atoms with E-state index in [1.54, 1.807) is 4.90 Å². The Morgan fingerprint density at radius 3 is 2.62 bits per heavy atom. The molecule has 2 aromatic rings. The number of fused-ring (bicyclic) bond motifs is 1. The number of hydrogen-bond acceptors (Lipinski definition) is 5. The third kappa shape index (κ3) is 6.39. The monoisotopic (exact) mass is 397 g/mol. The zero-order valence-electron chi connectivity index (χ0n) is 18.2. The molecule has 158 valence electrons. The first-order chi connectivity index (χ1) is 14.0. The van der Waals surface area contributed by atoms with Crippen LogP contribution >= 0.6 is 0 Å². The SMILES string of the molecule is CN(C)CCCNc1nc(CN(C)C(=O)CC2CCCCC2)nc2ccccc12. The predicted molar refractivity (Wildman–Crippen MR) is 119 cm³/mol. The van der Waals surface area contributed by atoms with E-state index in [1.807, 2.05) is 31.3 Å². The molecule has 0 bridgehead atoms. The highest BCUT2D eigenvalue weighted by Crippen LogP contribution is 2.27. The van der Waals surface area contributed by atoms with Gasteiger partial charge in [-0.1, -0.05) is 31.4 Å². The second kappa shape index (κ2) is 10.5. The van der Waals surface area contributed by atoms with Gasteiger partial charge in [-0.3, -0.25) is 4.79 Å². The van der Waals surface area contributed by atoms with Gasteiger partial charge >= 0.3 is 0 Å². The zero-order valence-corrected chi connectivity index (χ0v) is 18.2. The van der Waals surface area contributed by atoms with E-state index < -0.39 is 0 Å². The fraction of sp³-hybridized carbons (Fsp3) is 0.609. The maximum absolute atomic E-state index is 12.7. The van der Waals surface area contributed by atoms with E-state index >= 15 is 0 Å². The summed E-state index contributed by atoms with van der Waals surface area (Å²) in [5.74, 6) is 2.30. The van der Waals surface area contributed by atoms with Crippen molar-refractivity contribution in [3.05, 3.63) is 30.1 Å². The lowest BCUT2D eigenvalue weighted by atomic mass is 9.87. The molecule has 0 atom stereocenters. The molecule has 1 fully saturated rings. The van der Waals surface area contributed by atoms with Crippen LogP contribution in [0.15, 0.2) is 24.3 Å². The second-order valence-corrected chi connectivity index (χ2v) is 8.55. The number of aromatic nitrogens is 2. The smallest absolute Gasteiger partial charge is 0.222 e. The molecule has 1 aromatic heterocycles. The number of nitrogens with zero attached hydrogens (tertiary/aromatic N) is 4. The summed E-state index contributed by atoms with van der Waals surface area (Å²) in [6, 6.07) is 8.06. The van der Waals surface area contributed by atoms with E-state index in [9.17, 15) is 4.79 Å². The molecular formula is C23H35N5O. The molecule has 0 unspecified atom stereocenters. The standard InChI is InChI=1S/C23H35N5O/c1-27(2)15-9-14-24-23-19-12-7-8-13-20(19)25-21(26-23)17-28(3)22(29)16-18-10-5-4-6-11-18/h7-8,12-13,18H,4-6,9-11,14-17H2,1-3H3,(H,24,25,26). The predicted octanol–water partition coefficient (Wildman–Crippen LogP) is 3.92. The van der Waals surface area contributed by atoms with Crippen LogP contribution in [0.5, 0.6) is 0 Å². The summed E-state index contributed by atoms with van der Waals surface area (Å²) in [6.45, 7) is 2.33. The molecule has 1 heterocycles. The van der Waals surface area contributed by atoms with Crippen LogP contribution in [0.25, 0.3) is 10.9 Å². The Morgan fingerprint density at radius 2 is 1.86 bits per heavy atom. The minimum absolute atomic E-state index is 0.203. The molecule has 0 spiro atoms. The lowest BCUT2D eigenvalue weighted by molar-refractivity contribution is -0.131. The first kappa shape index (κ1) is 21.5. The molecule has 3 rings (SSSR count). The lowest BCUT2D eigenvalue weighted by Gasteiger charge is -2.24. The zero-order chi connectivity index (χ0) is 20.6. The first-order valence-corrected chi connectivity index (χ1v) is 10.9. The highest BCUT2D eigenvalue weighted by Gasteiger charge is 2.20. The largest absolute Gasteiger partial charge is 0.369 e. The van der Waals surface area contributed by atoms with Gasteiger partial charge in [-0.25, -0.2) is 9.97 Å². The van der Waals surface area contributed by atoms with E-state index in [-0.39, 0.29) is 5.91 Å². The fourth-order valence-electron chi connectivity index (χ4n) is 4.03. The maximum atomic E-state index is 12.7. The van der Waals surface area contributed by atoms with Gasteiger partial charge in [0, 0.05) is 25.4 Å². The lowest BCUT2D eigenvalue weighted by Crippen LogP contribution is -2.29. The molecule has 1 amide bonds. The number of carbonyl (C=O) groups excluding carboxylic acids is 1. The molecule has 1 aromatic carbocycles. The quantitative estimate of drug-likeness (QED) is 0.650. The number of carbonyl (C=O) groups is 1. The molecule has 1 N–H and O–H groups in total. The summed E-state index contributed by atoms with van der Waals surface area (Å²) in [6.07, 6.45) is 7.91. The van der Waals surface area contributed by atoms with Gasteiger partial charge in [-0.15, -0.1) is 0 Å². The molecule has 0 radical (unpaired) electrons. The van der Waals surface area contributed by atoms with Crippen LogP contribution in [0.4, 0.5) is 5.82 Å². The van der Waals surface area contributed by atoms with Crippen LogP contribution in [0.3, 0.4) is 0 Å². The van der Waals surface area contributed by atoms with Gasteiger partial charge < -0.3 is 15.1 Å². The molecular weight excluding hydrogens is 362 g/mol. The number of nitrogens with one attached hydrogen (secondary N) is 1. The van der Waals surface area contributed by atoms with Gasteiger partial charge in [0.15, 0.2) is 5.82 Å². The number of hydrogen-bond donors (Lipinski definition) is 1. The summed E-state index contributed by atoms with van der Waals surface area (Å²) >= 11 is 0. The topological polar surface area (TPSA) is 61.4 Å². The minimum atomic E-state index is 0.203. The van der Waals surface area contributed by atoms with Crippen molar-refractivity contribution in [1.29, 1.82) is 0 Å². The molecule has 1 aliphatic rings. The Balaban J connectivity index is 1.67. The van der Waals surface area contributed by atoms with Crippen molar-refractivity contribution in [2.24, 2.45) is 5.92 Å². The number of para-hydroxylation sites is 1. The number of benzene rings is 1. The fourth-order valence-corrected chi connectivity index (χ4v) is 4.03. The molecule has 1 aliphatic carbocycles. The number of amides is 1. The summed E-state index contributed by atoms with van der Waals surface area (Å²) in [5.41, 5.74) is 0.917. The van der Waals surface area contributed by atoms with E-state index in [1.165, 1.54) is 32.1 Å². The molecule has 29 heavy (non-hydrogen) atoms. The van der Waals surface area contributed by atoms with Crippen LogP contribution in [0.1, 0.15) is 50.8 Å². The van der Waals surface area contributed by atoms with Gasteiger partial charge in [0.25, 0.3) is 0 Å². The molecule has 6 nitrogen and oxygen atoms in total. The number of rotatable bonds is 9. The van der Waals surface area contributed by atoms with Crippen molar-refractivity contribution in [1.82, 2.24) is 19.8 Å². The van der Waals surface area contributed by atoms with E-state index in [4.69, 9.17) is 9.97 Å². The highest BCUT2D eigenvalue weighted by atomic mass is 16.2. The van der Waals surface area contributed by atoms with Crippen molar-refractivity contribution in [3.63, 3.8) is 0 Å². The summed E-state index contributed by atoms with van der Waals surface area (Å²) in [5, 5.41) is 4.50. The van der Waals surface area contributed by atoms with Crippen LogP contribution in [0, 0.1) is 5.92 Å². The molecule has 0 saturated heterocycles.